The number of ether oxygens (including phenoxy) is 1. The minimum atomic E-state index is -0.612. The Balaban J connectivity index is 2.23. The third-order valence-electron chi connectivity index (χ3n) is 3.14. The van der Waals surface area contributed by atoms with E-state index >= 15 is 0 Å². The normalized spacial score (nSPS) is 22.3. The summed E-state index contributed by atoms with van der Waals surface area (Å²) in [6.07, 6.45) is -0.316. The molecule has 7 heteroatoms. The summed E-state index contributed by atoms with van der Waals surface area (Å²) in [5.41, 5.74) is 0.635. The quantitative estimate of drug-likeness (QED) is 0.492. The Morgan fingerprint density at radius 3 is 2.63 bits per heavy atom. The smallest absolute Gasteiger partial charge is 0.328 e. The molecule has 102 valence electrons. The minimum absolute atomic E-state index is 0.0156. The molecule has 1 heterocycles. The number of esters is 1. The maximum atomic E-state index is 11.6. The van der Waals surface area contributed by atoms with Crippen LogP contribution in [-0.4, -0.2) is 41.8 Å². The van der Waals surface area contributed by atoms with Crippen molar-refractivity contribution in [1.82, 2.24) is 0 Å². The van der Waals surface area contributed by atoms with Gasteiger partial charge in [0.15, 0.2) is 0 Å². The van der Waals surface area contributed by atoms with Crippen LogP contribution in [0.15, 0.2) is 24.3 Å². The lowest BCUT2D eigenvalue weighted by Crippen LogP contribution is -2.36. The molecule has 7 nitrogen and oxygen atoms in total. The van der Waals surface area contributed by atoms with Gasteiger partial charge in [-0.1, -0.05) is 0 Å². The van der Waals surface area contributed by atoms with Gasteiger partial charge in [-0.15, -0.1) is 0 Å². The molecule has 1 saturated heterocycles. The summed E-state index contributed by atoms with van der Waals surface area (Å²) < 4.78 is 4.70. The summed E-state index contributed by atoms with van der Waals surface area (Å²) in [4.78, 5) is 23.4. The molecule has 2 rings (SSSR count). The zero-order chi connectivity index (χ0) is 14.0. The molecule has 2 unspecified atom stereocenters. The standard InChI is InChI=1S/C12H14N2O5/c1-19-12(16)11-6-10(15)7-13(11)8-2-4-9(5-3-8)14(17)18/h2-5,10-11,15H,6-7H2,1H3. The number of non-ortho nitro benzene ring substituents is 1. The fourth-order valence-electron chi connectivity index (χ4n) is 2.22. The van der Waals surface area contributed by atoms with E-state index in [1.807, 2.05) is 0 Å². The number of carbonyl (C=O) groups is 1. The third-order valence-corrected chi connectivity index (χ3v) is 3.14. The highest BCUT2D eigenvalue weighted by molar-refractivity contribution is 5.81. The number of methoxy groups -OCH3 is 1. The Kier molecular flexibility index (Phi) is 3.66. The van der Waals surface area contributed by atoms with Crippen molar-refractivity contribution < 1.29 is 19.6 Å². The van der Waals surface area contributed by atoms with Crippen LogP contribution in [0.2, 0.25) is 0 Å². The Bertz CT molecular complexity index is 487. The first-order valence-corrected chi connectivity index (χ1v) is 5.80. The average molecular weight is 266 g/mol. The van der Waals surface area contributed by atoms with Crippen LogP contribution in [0.4, 0.5) is 11.4 Å². The van der Waals surface area contributed by atoms with E-state index in [1.165, 1.54) is 19.2 Å². The Morgan fingerprint density at radius 1 is 1.47 bits per heavy atom. The number of aliphatic hydroxyl groups is 1. The van der Waals surface area contributed by atoms with E-state index < -0.39 is 23.0 Å². The first-order valence-electron chi connectivity index (χ1n) is 5.80. The molecule has 0 aliphatic carbocycles. The number of nitro groups is 1. The highest BCUT2D eigenvalue weighted by Gasteiger charge is 2.36. The molecule has 0 aromatic heterocycles. The van der Waals surface area contributed by atoms with Crippen LogP contribution < -0.4 is 4.90 Å². The van der Waals surface area contributed by atoms with Gasteiger partial charge in [-0.05, 0) is 12.1 Å². The highest BCUT2D eigenvalue weighted by atomic mass is 16.6. The minimum Gasteiger partial charge on any atom is -0.467 e. The number of nitrogens with zero attached hydrogens (tertiary/aromatic N) is 2. The van der Waals surface area contributed by atoms with Gasteiger partial charge >= 0.3 is 5.97 Å². The van der Waals surface area contributed by atoms with Gasteiger partial charge in [0.05, 0.1) is 18.1 Å². The van der Waals surface area contributed by atoms with Crippen molar-refractivity contribution in [2.75, 3.05) is 18.6 Å². The highest BCUT2D eigenvalue weighted by Crippen LogP contribution is 2.28. The van der Waals surface area contributed by atoms with Gasteiger partial charge in [0.1, 0.15) is 6.04 Å². The molecule has 1 aliphatic rings. The molecule has 0 bridgehead atoms. The number of rotatable bonds is 3. The van der Waals surface area contributed by atoms with Crippen molar-refractivity contribution in [2.45, 2.75) is 18.6 Å². The fraction of sp³-hybridized carbons (Fsp3) is 0.417. The van der Waals surface area contributed by atoms with Crippen LogP contribution in [0, 0.1) is 10.1 Å². The largest absolute Gasteiger partial charge is 0.467 e. The fourth-order valence-corrected chi connectivity index (χ4v) is 2.22. The summed E-state index contributed by atoms with van der Waals surface area (Å²) >= 11 is 0. The molecule has 1 N–H and O–H groups in total. The molecule has 0 spiro atoms. The predicted molar refractivity (Wildman–Crippen MR) is 66.9 cm³/mol. The van der Waals surface area contributed by atoms with E-state index in [0.29, 0.717) is 18.7 Å². The van der Waals surface area contributed by atoms with Crippen LogP contribution >= 0.6 is 0 Å². The van der Waals surface area contributed by atoms with Crippen LogP contribution in [0.3, 0.4) is 0 Å². The number of hydrogen-bond acceptors (Lipinski definition) is 6. The van der Waals surface area contributed by atoms with Crippen molar-refractivity contribution in [3.63, 3.8) is 0 Å². The number of anilines is 1. The number of hydrogen-bond donors (Lipinski definition) is 1. The molecular formula is C12H14N2O5. The van der Waals surface area contributed by atoms with E-state index in [-0.39, 0.29) is 5.69 Å². The second-order valence-corrected chi connectivity index (χ2v) is 4.35. The predicted octanol–water partition coefficient (Wildman–Crippen LogP) is 0.707. The van der Waals surface area contributed by atoms with Crippen molar-refractivity contribution in [3.8, 4) is 0 Å². The maximum absolute atomic E-state index is 11.6. The van der Waals surface area contributed by atoms with Crippen molar-refractivity contribution in [2.24, 2.45) is 0 Å². The van der Waals surface area contributed by atoms with Gasteiger partial charge in [0.25, 0.3) is 5.69 Å². The lowest BCUT2D eigenvalue weighted by atomic mass is 10.2. The van der Waals surface area contributed by atoms with E-state index in [1.54, 1.807) is 17.0 Å². The van der Waals surface area contributed by atoms with Crippen LogP contribution in [-0.2, 0) is 9.53 Å². The number of nitro benzene ring substituents is 1. The molecule has 0 amide bonds. The lowest BCUT2D eigenvalue weighted by Gasteiger charge is -2.24. The van der Waals surface area contributed by atoms with Gasteiger partial charge in [-0.2, -0.15) is 0 Å². The monoisotopic (exact) mass is 266 g/mol. The summed E-state index contributed by atoms with van der Waals surface area (Å²) in [5, 5.41) is 20.2. The summed E-state index contributed by atoms with van der Waals surface area (Å²) in [6, 6.07) is 5.31. The molecule has 19 heavy (non-hydrogen) atoms. The molecule has 1 aromatic rings. The molecule has 1 aromatic carbocycles. The molecule has 0 radical (unpaired) electrons. The van der Waals surface area contributed by atoms with Crippen LogP contribution in [0.5, 0.6) is 0 Å². The van der Waals surface area contributed by atoms with Crippen LogP contribution in [0.1, 0.15) is 6.42 Å². The summed E-state index contributed by atoms with van der Waals surface area (Å²) in [6.45, 7) is 0.303. The number of β-amino-alcohol motifs (C(OH)–C–C–N with tert-alkyl or cyclic N) is 1. The Labute approximate surface area is 109 Å². The van der Waals surface area contributed by atoms with Crippen molar-refractivity contribution in [1.29, 1.82) is 0 Å². The van der Waals surface area contributed by atoms with E-state index in [2.05, 4.69) is 0 Å². The third kappa shape index (κ3) is 2.65. The summed E-state index contributed by atoms with van der Waals surface area (Å²) in [7, 11) is 1.29. The van der Waals surface area contributed by atoms with E-state index in [9.17, 15) is 20.0 Å². The van der Waals surface area contributed by atoms with Gasteiger partial charge in [-0.25, -0.2) is 4.79 Å². The number of benzene rings is 1. The van der Waals surface area contributed by atoms with Crippen molar-refractivity contribution in [3.05, 3.63) is 34.4 Å². The SMILES string of the molecule is COC(=O)C1CC(O)CN1c1ccc([N+](=O)[O-])cc1. The molecule has 0 saturated carbocycles. The molecule has 2 atom stereocenters. The summed E-state index contributed by atoms with van der Waals surface area (Å²) in [5.74, 6) is -0.421. The first-order chi connectivity index (χ1) is 9.02. The first kappa shape index (κ1) is 13.3. The average Bonchev–Trinajstić information content (AvgIpc) is 2.80. The lowest BCUT2D eigenvalue weighted by molar-refractivity contribution is -0.384. The Hall–Kier alpha value is -2.15. The number of carbonyl (C=O) groups excluding carboxylic acids is 1. The maximum Gasteiger partial charge on any atom is 0.328 e. The van der Waals surface area contributed by atoms with Gasteiger partial charge in [-0.3, -0.25) is 10.1 Å². The second kappa shape index (κ2) is 5.23. The number of aliphatic hydroxyl groups excluding tert-OH is 1. The molecule has 1 fully saturated rings. The topological polar surface area (TPSA) is 92.9 Å². The zero-order valence-corrected chi connectivity index (χ0v) is 10.4. The molecular weight excluding hydrogens is 252 g/mol. The Morgan fingerprint density at radius 2 is 2.11 bits per heavy atom. The molecule has 1 aliphatic heterocycles. The second-order valence-electron chi connectivity index (χ2n) is 4.35. The van der Waals surface area contributed by atoms with Crippen molar-refractivity contribution >= 4 is 17.3 Å². The van der Waals surface area contributed by atoms with Gasteiger partial charge in [0.2, 0.25) is 0 Å². The van der Waals surface area contributed by atoms with Crippen LogP contribution in [0.25, 0.3) is 0 Å². The van der Waals surface area contributed by atoms with Gasteiger partial charge < -0.3 is 14.7 Å². The van der Waals surface area contributed by atoms with Gasteiger partial charge in [0, 0.05) is 30.8 Å². The van der Waals surface area contributed by atoms with E-state index in [0.717, 1.165) is 0 Å². The zero-order valence-electron chi connectivity index (χ0n) is 10.4. The van der Waals surface area contributed by atoms with E-state index in [4.69, 9.17) is 4.74 Å².